The third-order valence-corrected chi connectivity index (χ3v) is 7.41. The van der Waals surface area contributed by atoms with Gasteiger partial charge in [0.05, 0.1) is 12.7 Å². The summed E-state index contributed by atoms with van der Waals surface area (Å²) < 4.78 is 43.2. The summed E-state index contributed by atoms with van der Waals surface area (Å²) in [6, 6.07) is 16.0. The zero-order chi connectivity index (χ0) is 29.3. The first-order valence-corrected chi connectivity index (χ1v) is 13.7. The standard InChI is InChI=1S/C28H38N2O3.C2HF3O2/c1-4-32-26-8-6-5-7-24(26)21-29-17-13-28(14-18-29)15-19-30(20-16-28)27(31)23-9-11-25(12-10-23)33-22(2)3;3-2(4,5)1(6)7/h5-12,22H,4,13-21H2,1-3H3;(H,6,7). The van der Waals surface area contributed by atoms with Crippen molar-refractivity contribution in [2.24, 2.45) is 5.41 Å². The number of carboxylic acid groups (broad SMARTS) is 1. The number of rotatable bonds is 7. The first-order valence-electron chi connectivity index (χ1n) is 13.7. The summed E-state index contributed by atoms with van der Waals surface area (Å²) in [4.78, 5) is 26.5. The number of para-hydroxylation sites is 1. The highest BCUT2D eigenvalue weighted by Crippen LogP contribution is 2.42. The van der Waals surface area contributed by atoms with Crippen LogP contribution in [0.5, 0.6) is 11.5 Å². The molecular weight excluding hydrogens is 525 g/mol. The molecule has 2 fully saturated rings. The Balaban J connectivity index is 0.000000559. The van der Waals surface area contributed by atoms with Crippen molar-refractivity contribution in [3.8, 4) is 11.5 Å². The van der Waals surface area contributed by atoms with E-state index in [1.807, 2.05) is 56.0 Å². The maximum absolute atomic E-state index is 13.0. The molecule has 2 aromatic rings. The Morgan fingerprint density at radius 3 is 2.02 bits per heavy atom. The molecule has 2 aliphatic heterocycles. The van der Waals surface area contributed by atoms with Crippen molar-refractivity contribution < 1.29 is 37.3 Å². The van der Waals surface area contributed by atoms with Crippen molar-refractivity contribution in [3.05, 3.63) is 59.7 Å². The number of piperidine rings is 2. The molecule has 1 amide bonds. The molecule has 2 saturated heterocycles. The molecular formula is C30H39F3N2O5. The van der Waals surface area contributed by atoms with E-state index in [9.17, 15) is 18.0 Å². The molecule has 2 aromatic carbocycles. The van der Waals surface area contributed by atoms with Gasteiger partial charge in [-0.05, 0) is 95.3 Å². The van der Waals surface area contributed by atoms with Crippen LogP contribution in [0.4, 0.5) is 13.2 Å². The normalized spacial score (nSPS) is 17.2. The van der Waals surface area contributed by atoms with Gasteiger partial charge in [-0.25, -0.2) is 4.79 Å². The fourth-order valence-corrected chi connectivity index (χ4v) is 5.17. The topological polar surface area (TPSA) is 79.3 Å². The number of carbonyl (C=O) groups excluding carboxylic acids is 1. The van der Waals surface area contributed by atoms with Gasteiger partial charge < -0.3 is 19.5 Å². The van der Waals surface area contributed by atoms with E-state index in [0.717, 1.165) is 62.6 Å². The van der Waals surface area contributed by atoms with Crippen LogP contribution in [0.1, 0.15) is 62.4 Å². The lowest BCUT2D eigenvalue weighted by molar-refractivity contribution is -0.192. The third-order valence-electron chi connectivity index (χ3n) is 7.41. The average molecular weight is 565 g/mol. The maximum atomic E-state index is 13.0. The summed E-state index contributed by atoms with van der Waals surface area (Å²) in [5.41, 5.74) is 2.42. The van der Waals surface area contributed by atoms with Gasteiger partial charge in [0.1, 0.15) is 11.5 Å². The van der Waals surface area contributed by atoms with Crippen LogP contribution >= 0.6 is 0 Å². The van der Waals surface area contributed by atoms with Crippen molar-refractivity contribution in [1.82, 2.24) is 9.80 Å². The Morgan fingerprint density at radius 2 is 1.50 bits per heavy atom. The highest BCUT2D eigenvalue weighted by atomic mass is 19.4. The third kappa shape index (κ3) is 8.87. The van der Waals surface area contributed by atoms with Crippen LogP contribution < -0.4 is 9.47 Å². The van der Waals surface area contributed by atoms with Gasteiger partial charge in [-0.15, -0.1) is 0 Å². The van der Waals surface area contributed by atoms with Crippen LogP contribution in [0.15, 0.2) is 48.5 Å². The Kier molecular flexibility index (Phi) is 10.8. The van der Waals surface area contributed by atoms with Gasteiger partial charge in [0.2, 0.25) is 0 Å². The molecule has 0 bridgehead atoms. The van der Waals surface area contributed by atoms with E-state index in [4.69, 9.17) is 19.4 Å². The number of aliphatic carboxylic acids is 1. The molecule has 0 unspecified atom stereocenters. The summed E-state index contributed by atoms with van der Waals surface area (Å²) in [7, 11) is 0. The van der Waals surface area contributed by atoms with E-state index in [0.29, 0.717) is 12.0 Å². The summed E-state index contributed by atoms with van der Waals surface area (Å²) in [6.07, 6.45) is -0.302. The smallest absolute Gasteiger partial charge is 0.490 e. The van der Waals surface area contributed by atoms with Gasteiger partial charge >= 0.3 is 12.1 Å². The van der Waals surface area contributed by atoms with Crippen molar-refractivity contribution >= 4 is 11.9 Å². The Hall–Kier alpha value is -3.27. The fourth-order valence-electron chi connectivity index (χ4n) is 5.17. The number of hydrogen-bond donors (Lipinski definition) is 1. The number of nitrogens with zero attached hydrogens (tertiary/aromatic N) is 2. The van der Waals surface area contributed by atoms with E-state index in [1.54, 1.807) is 0 Å². The van der Waals surface area contributed by atoms with Crippen molar-refractivity contribution in [3.63, 3.8) is 0 Å². The van der Waals surface area contributed by atoms with Gasteiger partial charge in [0, 0.05) is 30.8 Å². The number of carbonyl (C=O) groups is 2. The first kappa shape index (κ1) is 31.3. The van der Waals surface area contributed by atoms with Gasteiger partial charge in [-0.2, -0.15) is 13.2 Å². The van der Waals surface area contributed by atoms with E-state index < -0.39 is 12.1 Å². The summed E-state index contributed by atoms with van der Waals surface area (Å²) >= 11 is 0. The molecule has 2 heterocycles. The molecule has 2 aliphatic rings. The van der Waals surface area contributed by atoms with Crippen LogP contribution in [0.2, 0.25) is 0 Å². The number of hydrogen-bond acceptors (Lipinski definition) is 5. The molecule has 1 spiro atoms. The lowest BCUT2D eigenvalue weighted by Crippen LogP contribution is -2.48. The minimum atomic E-state index is -5.08. The lowest BCUT2D eigenvalue weighted by atomic mass is 9.71. The second kappa shape index (κ2) is 13.9. The van der Waals surface area contributed by atoms with Crippen LogP contribution in [0.3, 0.4) is 0 Å². The summed E-state index contributed by atoms with van der Waals surface area (Å²) in [6.45, 7) is 11.6. The molecule has 0 aromatic heterocycles. The molecule has 220 valence electrons. The molecule has 1 N–H and O–H groups in total. The molecule has 0 radical (unpaired) electrons. The molecule has 40 heavy (non-hydrogen) atoms. The van der Waals surface area contributed by atoms with Crippen LogP contribution in [-0.2, 0) is 11.3 Å². The predicted molar refractivity (Wildman–Crippen MR) is 146 cm³/mol. The lowest BCUT2D eigenvalue weighted by Gasteiger charge is -2.47. The van der Waals surface area contributed by atoms with Gasteiger partial charge in [-0.3, -0.25) is 9.69 Å². The number of ether oxygens (including phenoxy) is 2. The Bertz CT molecular complexity index is 1100. The second-order valence-corrected chi connectivity index (χ2v) is 10.6. The summed E-state index contributed by atoms with van der Waals surface area (Å²) in [5, 5.41) is 7.12. The molecule has 7 nitrogen and oxygen atoms in total. The quantitative estimate of drug-likeness (QED) is 0.443. The Labute approximate surface area is 233 Å². The minimum absolute atomic E-state index is 0.135. The number of carboxylic acids is 1. The second-order valence-electron chi connectivity index (χ2n) is 10.6. The maximum Gasteiger partial charge on any atom is 0.490 e. The van der Waals surface area contributed by atoms with Crippen molar-refractivity contribution in [2.45, 2.75) is 65.3 Å². The minimum Gasteiger partial charge on any atom is -0.494 e. The predicted octanol–water partition coefficient (Wildman–Crippen LogP) is 6.02. The van der Waals surface area contributed by atoms with E-state index in [1.165, 1.54) is 18.4 Å². The zero-order valence-corrected chi connectivity index (χ0v) is 23.4. The van der Waals surface area contributed by atoms with Gasteiger partial charge in [-0.1, -0.05) is 18.2 Å². The van der Waals surface area contributed by atoms with Crippen molar-refractivity contribution in [1.29, 1.82) is 0 Å². The number of likely N-dealkylation sites (tertiary alicyclic amines) is 2. The van der Waals surface area contributed by atoms with Gasteiger partial charge in [0.15, 0.2) is 0 Å². The van der Waals surface area contributed by atoms with Crippen LogP contribution in [-0.4, -0.2) is 71.8 Å². The van der Waals surface area contributed by atoms with E-state index >= 15 is 0 Å². The summed E-state index contributed by atoms with van der Waals surface area (Å²) in [5.74, 6) is -0.788. The number of benzene rings is 2. The molecule has 4 rings (SSSR count). The molecule has 0 aliphatic carbocycles. The highest BCUT2D eigenvalue weighted by molar-refractivity contribution is 5.94. The number of halogens is 3. The number of alkyl halides is 3. The van der Waals surface area contributed by atoms with E-state index in [2.05, 4.69) is 23.1 Å². The Morgan fingerprint density at radius 1 is 0.950 bits per heavy atom. The van der Waals surface area contributed by atoms with Crippen LogP contribution in [0, 0.1) is 5.41 Å². The van der Waals surface area contributed by atoms with E-state index in [-0.39, 0.29) is 12.0 Å². The molecule has 0 atom stereocenters. The molecule has 10 heteroatoms. The first-order chi connectivity index (χ1) is 18.9. The highest BCUT2D eigenvalue weighted by Gasteiger charge is 2.39. The molecule has 0 saturated carbocycles. The number of amides is 1. The monoisotopic (exact) mass is 564 g/mol. The van der Waals surface area contributed by atoms with Gasteiger partial charge in [0.25, 0.3) is 5.91 Å². The zero-order valence-electron chi connectivity index (χ0n) is 23.4. The fraction of sp³-hybridized carbons (Fsp3) is 0.533. The van der Waals surface area contributed by atoms with Crippen molar-refractivity contribution in [2.75, 3.05) is 32.8 Å². The SMILES string of the molecule is CCOc1ccccc1CN1CCC2(CC1)CCN(C(=O)c1ccc(OC(C)C)cc1)CC2.O=C(O)C(F)(F)F. The average Bonchev–Trinajstić information content (AvgIpc) is 2.91. The van der Waals surface area contributed by atoms with Crippen LogP contribution in [0.25, 0.3) is 0 Å². The largest absolute Gasteiger partial charge is 0.494 e.